The molecule has 7 heteroatoms. The lowest BCUT2D eigenvalue weighted by atomic mass is 9.90. The second kappa shape index (κ2) is 8.55. The molecule has 0 aliphatic rings. The monoisotopic (exact) mass is 356 g/mol. The van der Waals surface area contributed by atoms with E-state index in [1.165, 1.54) is 11.9 Å². The van der Waals surface area contributed by atoms with Gasteiger partial charge in [-0.05, 0) is 30.9 Å². The number of nitrogens with zero attached hydrogens (tertiary/aromatic N) is 3. The van der Waals surface area contributed by atoms with Crippen LogP contribution in [0.15, 0.2) is 23.3 Å². The molecule has 1 aromatic heterocycles. The highest BCUT2D eigenvalue weighted by molar-refractivity contribution is 7.90. The van der Waals surface area contributed by atoms with E-state index in [0.717, 1.165) is 19.0 Å². The van der Waals surface area contributed by atoms with E-state index in [0.29, 0.717) is 13.0 Å². The number of aliphatic imine (C=N–C) groups is 1. The van der Waals surface area contributed by atoms with Gasteiger partial charge in [-0.15, -0.1) is 0 Å². The molecule has 0 aromatic carbocycles. The summed E-state index contributed by atoms with van der Waals surface area (Å²) in [5.41, 5.74) is 1.05. The highest BCUT2D eigenvalue weighted by Gasteiger charge is 2.20. The maximum atomic E-state index is 11.4. The molecule has 1 aromatic rings. The summed E-state index contributed by atoms with van der Waals surface area (Å²) in [4.78, 5) is 6.81. The molecule has 0 aliphatic heterocycles. The van der Waals surface area contributed by atoms with Gasteiger partial charge in [0.2, 0.25) is 0 Å². The van der Waals surface area contributed by atoms with Gasteiger partial charge in [0.05, 0.1) is 12.3 Å². The van der Waals surface area contributed by atoms with Gasteiger partial charge in [0, 0.05) is 45.3 Å². The van der Waals surface area contributed by atoms with Gasteiger partial charge >= 0.3 is 0 Å². The average molecular weight is 357 g/mol. The van der Waals surface area contributed by atoms with E-state index in [4.69, 9.17) is 4.99 Å². The highest BCUT2D eigenvalue weighted by Crippen LogP contribution is 2.21. The zero-order valence-corrected chi connectivity index (χ0v) is 16.7. The van der Waals surface area contributed by atoms with Gasteiger partial charge in [0.1, 0.15) is 9.84 Å². The molecule has 1 N–H and O–H groups in total. The first-order chi connectivity index (χ1) is 11.0. The predicted molar refractivity (Wildman–Crippen MR) is 101 cm³/mol. The minimum absolute atomic E-state index is 0.157. The van der Waals surface area contributed by atoms with Crippen LogP contribution in [0.2, 0.25) is 0 Å². The standard InChI is InChI=1S/C17H32N4O2S/c1-7-18-16(21(5)13-15-9-8-11-20(15)4)19-14-17(2,3)10-12-24(6,22)23/h8-9,11H,7,10,12-14H2,1-6H3,(H,18,19). The van der Waals surface area contributed by atoms with Crippen molar-refractivity contribution in [3.8, 4) is 0 Å². The van der Waals surface area contributed by atoms with Gasteiger partial charge in [0.25, 0.3) is 0 Å². The lowest BCUT2D eigenvalue weighted by Crippen LogP contribution is -2.39. The van der Waals surface area contributed by atoms with Gasteiger partial charge in [-0.25, -0.2) is 8.42 Å². The van der Waals surface area contributed by atoms with E-state index >= 15 is 0 Å². The highest BCUT2D eigenvalue weighted by atomic mass is 32.2. The Labute approximate surface area is 146 Å². The summed E-state index contributed by atoms with van der Waals surface area (Å²) in [6.45, 7) is 8.30. The summed E-state index contributed by atoms with van der Waals surface area (Å²) in [5, 5.41) is 3.31. The van der Waals surface area contributed by atoms with Crippen molar-refractivity contribution in [2.75, 3.05) is 32.1 Å². The number of aryl methyl sites for hydroxylation is 1. The van der Waals surface area contributed by atoms with Crippen LogP contribution in [0.4, 0.5) is 0 Å². The minimum atomic E-state index is -2.94. The van der Waals surface area contributed by atoms with Gasteiger partial charge in [-0.1, -0.05) is 13.8 Å². The van der Waals surface area contributed by atoms with Gasteiger partial charge < -0.3 is 14.8 Å². The number of hydrogen-bond acceptors (Lipinski definition) is 3. The molecule has 24 heavy (non-hydrogen) atoms. The summed E-state index contributed by atoms with van der Waals surface area (Å²) < 4.78 is 24.8. The Bertz CT molecular complexity index is 647. The second-order valence-corrected chi connectivity index (χ2v) is 9.44. The lowest BCUT2D eigenvalue weighted by Gasteiger charge is -2.26. The number of aromatic nitrogens is 1. The van der Waals surface area contributed by atoms with Crippen molar-refractivity contribution in [1.29, 1.82) is 0 Å². The zero-order chi connectivity index (χ0) is 18.4. The summed E-state index contributed by atoms with van der Waals surface area (Å²) in [5.74, 6) is 1.04. The third kappa shape index (κ3) is 7.38. The zero-order valence-electron chi connectivity index (χ0n) is 15.8. The van der Waals surface area contributed by atoms with Gasteiger partial charge in [-0.3, -0.25) is 4.99 Å². The molecule has 0 radical (unpaired) electrons. The molecule has 138 valence electrons. The van der Waals surface area contributed by atoms with Crippen LogP contribution in [0.5, 0.6) is 0 Å². The Morgan fingerprint density at radius 2 is 2.08 bits per heavy atom. The fourth-order valence-corrected chi connectivity index (χ4v) is 3.20. The third-order valence-electron chi connectivity index (χ3n) is 3.95. The SMILES string of the molecule is CCNC(=NCC(C)(C)CCS(C)(=O)=O)N(C)Cc1cccn1C. The van der Waals surface area contributed by atoms with E-state index in [1.807, 2.05) is 33.3 Å². The molecule has 1 rings (SSSR count). The van der Waals surface area contributed by atoms with E-state index in [2.05, 4.69) is 34.7 Å². The summed E-state index contributed by atoms with van der Waals surface area (Å²) in [7, 11) is 1.10. The molecule has 0 fully saturated rings. The van der Waals surface area contributed by atoms with Gasteiger partial charge in [0.15, 0.2) is 5.96 Å². The van der Waals surface area contributed by atoms with E-state index in [-0.39, 0.29) is 11.2 Å². The molecule has 6 nitrogen and oxygen atoms in total. The van der Waals surface area contributed by atoms with Crippen molar-refractivity contribution in [3.63, 3.8) is 0 Å². The average Bonchev–Trinajstić information content (AvgIpc) is 2.86. The summed E-state index contributed by atoms with van der Waals surface area (Å²) in [6.07, 6.45) is 3.92. The molecular formula is C17H32N4O2S. The Balaban J connectivity index is 2.75. The Hall–Kier alpha value is -1.50. The van der Waals surface area contributed by atoms with Crippen LogP contribution in [-0.4, -0.2) is 56.0 Å². The smallest absolute Gasteiger partial charge is 0.194 e. The summed E-state index contributed by atoms with van der Waals surface area (Å²) in [6, 6.07) is 4.12. The first kappa shape index (κ1) is 20.5. The molecule has 0 unspecified atom stereocenters. The number of hydrogen-bond donors (Lipinski definition) is 1. The lowest BCUT2D eigenvalue weighted by molar-refractivity contribution is 0.361. The molecule has 1 heterocycles. The molecule has 0 saturated carbocycles. The number of nitrogens with one attached hydrogen (secondary N) is 1. The largest absolute Gasteiger partial charge is 0.357 e. The fourth-order valence-electron chi connectivity index (χ4n) is 2.28. The fraction of sp³-hybridized carbons (Fsp3) is 0.706. The van der Waals surface area contributed by atoms with Crippen LogP contribution in [0.25, 0.3) is 0 Å². The first-order valence-electron chi connectivity index (χ1n) is 8.31. The molecule has 0 saturated heterocycles. The molecular weight excluding hydrogens is 324 g/mol. The maximum Gasteiger partial charge on any atom is 0.194 e. The van der Waals surface area contributed by atoms with Gasteiger partial charge in [-0.2, -0.15) is 0 Å². The molecule has 0 bridgehead atoms. The number of guanidine groups is 1. The Kier molecular flexibility index (Phi) is 7.32. The first-order valence-corrected chi connectivity index (χ1v) is 10.4. The van der Waals surface area contributed by atoms with Crippen molar-refractivity contribution in [1.82, 2.24) is 14.8 Å². The third-order valence-corrected chi connectivity index (χ3v) is 4.90. The minimum Gasteiger partial charge on any atom is -0.357 e. The quantitative estimate of drug-likeness (QED) is 0.570. The normalized spacial score (nSPS) is 13.2. The molecule has 0 atom stereocenters. The van der Waals surface area contributed by atoms with E-state index in [1.54, 1.807) is 0 Å². The predicted octanol–water partition coefficient (Wildman–Crippen LogP) is 1.88. The maximum absolute atomic E-state index is 11.4. The molecule has 0 aliphatic carbocycles. The van der Waals surface area contributed by atoms with Crippen LogP contribution in [0.1, 0.15) is 32.9 Å². The second-order valence-electron chi connectivity index (χ2n) is 7.18. The van der Waals surface area contributed by atoms with Crippen molar-refractivity contribution in [2.45, 2.75) is 33.7 Å². The Morgan fingerprint density at radius 3 is 2.58 bits per heavy atom. The van der Waals surface area contributed by atoms with Crippen LogP contribution in [0, 0.1) is 5.41 Å². The topological polar surface area (TPSA) is 66.7 Å². The van der Waals surface area contributed by atoms with Crippen molar-refractivity contribution in [2.24, 2.45) is 17.5 Å². The molecule has 0 amide bonds. The van der Waals surface area contributed by atoms with Crippen LogP contribution < -0.4 is 5.32 Å². The van der Waals surface area contributed by atoms with E-state index < -0.39 is 9.84 Å². The summed E-state index contributed by atoms with van der Waals surface area (Å²) >= 11 is 0. The number of sulfone groups is 1. The number of rotatable bonds is 8. The van der Waals surface area contributed by atoms with Crippen molar-refractivity contribution in [3.05, 3.63) is 24.0 Å². The van der Waals surface area contributed by atoms with Crippen molar-refractivity contribution >= 4 is 15.8 Å². The molecule has 0 spiro atoms. The van der Waals surface area contributed by atoms with Crippen LogP contribution >= 0.6 is 0 Å². The van der Waals surface area contributed by atoms with Crippen LogP contribution in [0.3, 0.4) is 0 Å². The van der Waals surface area contributed by atoms with Crippen LogP contribution in [-0.2, 0) is 23.4 Å². The van der Waals surface area contributed by atoms with E-state index in [9.17, 15) is 8.42 Å². The Morgan fingerprint density at radius 1 is 1.42 bits per heavy atom. The van der Waals surface area contributed by atoms with Crippen molar-refractivity contribution < 1.29 is 8.42 Å².